The van der Waals surface area contributed by atoms with E-state index in [1.54, 1.807) is 12.1 Å². The van der Waals surface area contributed by atoms with Gasteiger partial charge in [0.05, 0.1) is 6.10 Å². The van der Waals surface area contributed by atoms with Crippen LogP contribution in [-0.2, 0) is 6.42 Å². The Morgan fingerprint density at radius 2 is 2.00 bits per heavy atom. The molecule has 0 aliphatic rings. The van der Waals surface area contributed by atoms with E-state index in [1.807, 2.05) is 24.3 Å². The minimum Gasteiger partial charge on any atom is -0.388 e. The van der Waals surface area contributed by atoms with Gasteiger partial charge in [0.1, 0.15) is 5.82 Å². The van der Waals surface area contributed by atoms with Crippen molar-refractivity contribution in [1.82, 2.24) is 0 Å². The molecule has 1 atom stereocenters. The first-order valence-corrected chi connectivity index (χ1v) is 6.61. The monoisotopic (exact) mass is 328 g/mol. The first-order valence-electron chi connectivity index (χ1n) is 5.44. The van der Waals surface area contributed by atoms with Crippen LogP contribution in [0.5, 0.6) is 0 Å². The fourth-order valence-corrected chi connectivity index (χ4v) is 2.30. The quantitative estimate of drug-likeness (QED) is 0.878. The molecule has 2 aromatic carbocycles. The molecule has 18 heavy (non-hydrogen) atoms. The summed E-state index contributed by atoms with van der Waals surface area (Å²) in [6.45, 7) is 0. The van der Waals surface area contributed by atoms with Crippen molar-refractivity contribution in [3.8, 4) is 0 Å². The van der Waals surface area contributed by atoms with Crippen LogP contribution >= 0.6 is 27.5 Å². The van der Waals surface area contributed by atoms with Gasteiger partial charge in [0, 0.05) is 15.9 Å². The Bertz CT molecular complexity index is 559. The molecule has 0 fully saturated rings. The van der Waals surface area contributed by atoms with Gasteiger partial charge in [-0.2, -0.15) is 0 Å². The fraction of sp³-hybridized carbons (Fsp3) is 0.143. The van der Waals surface area contributed by atoms with Crippen molar-refractivity contribution in [2.75, 3.05) is 0 Å². The lowest BCUT2D eigenvalue weighted by molar-refractivity contribution is 0.177. The summed E-state index contributed by atoms with van der Waals surface area (Å²) in [6, 6.07) is 11.8. The van der Waals surface area contributed by atoms with Gasteiger partial charge in [-0.05, 0) is 35.4 Å². The van der Waals surface area contributed by atoms with Crippen LogP contribution in [0.4, 0.5) is 4.39 Å². The van der Waals surface area contributed by atoms with Crippen molar-refractivity contribution in [1.29, 1.82) is 0 Å². The molecule has 1 nitrogen and oxygen atoms in total. The largest absolute Gasteiger partial charge is 0.388 e. The van der Waals surface area contributed by atoms with E-state index in [-0.39, 0.29) is 6.42 Å². The Hall–Kier alpha value is -0.900. The molecule has 0 heterocycles. The molecule has 0 aromatic heterocycles. The summed E-state index contributed by atoms with van der Waals surface area (Å²) in [5.74, 6) is -0.392. The standard InChI is InChI=1S/C14H11BrClFO/c15-11-3-1-2-10(6-11)14(18)7-9-4-5-12(16)8-13(9)17/h1-6,8,14,18H,7H2. The maximum Gasteiger partial charge on any atom is 0.127 e. The predicted molar refractivity (Wildman–Crippen MR) is 74.2 cm³/mol. The van der Waals surface area contributed by atoms with Crippen molar-refractivity contribution in [2.24, 2.45) is 0 Å². The molecule has 0 spiro atoms. The number of aliphatic hydroxyl groups is 1. The third-order valence-corrected chi connectivity index (χ3v) is 3.39. The van der Waals surface area contributed by atoms with Crippen LogP contribution in [0.25, 0.3) is 0 Å². The summed E-state index contributed by atoms with van der Waals surface area (Å²) in [4.78, 5) is 0. The van der Waals surface area contributed by atoms with E-state index in [0.29, 0.717) is 10.6 Å². The van der Waals surface area contributed by atoms with Crippen LogP contribution in [0.1, 0.15) is 17.2 Å². The smallest absolute Gasteiger partial charge is 0.127 e. The molecule has 1 unspecified atom stereocenters. The van der Waals surface area contributed by atoms with E-state index in [2.05, 4.69) is 15.9 Å². The third-order valence-electron chi connectivity index (χ3n) is 2.66. The van der Waals surface area contributed by atoms with Gasteiger partial charge in [-0.1, -0.05) is 45.7 Å². The van der Waals surface area contributed by atoms with E-state index >= 15 is 0 Å². The molecular formula is C14H11BrClFO. The molecule has 0 amide bonds. The van der Waals surface area contributed by atoms with Crippen molar-refractivity contribution in [3.05, 3.63) is 68.9 Å². The highest BCUT2D eigenvalue weighted by atomic mass is 79.9. The maximum absolute atomic E-state index is 13.6. The zero-order valence-corrected chi connectivity index (χ0v) is 11.7. The average Bonchev–Trinajstić information content (AvgIpc) is 2.32. The Balaban J connectivity index is 2.18. The Kier molecular flexibility index (Phi) is 4.38. The lowest BCUT2D eigenvalue weighted by Gasteiger charge is -2.12. The summed E-state index contributed by atoms with van der Waals surface area (Å²) in [6.07, 6.45) is -0.516. The van der Waals surface area contributed by atoms with E-state index in [4.69, 9.17) is 11.6 Å². The first-order chi connectivity index (χ1) is 8.56. The van der Waals surface area contributed by atoms with Crippen LogP contribution in [0.2, 0.25) is 5.02 Å². The highest BCUT2D eigenvalue weighted by molar-refractivity contribution is 9.10. The number of halogens is 3. The zero-order chi connectivity index (χ0) is 13.1. The molecule has 2 rings (SSSR count). The molecule has 0 bridgehead atoms. The molecule has 0 aliphatic carbocycles. The lowest BCUT2D eigenvalue weighted by atomic mass is 10.0. The van der Waals surface area contributed by atoms with Crippen LogP contribution in [0.15, 0.2) is 46.9 Å². The molecule has 4 heteroatoms. The molecule has 0 radical (unpaired) electrons. The molecule has 1 N–H and O–H groups in total. The second-order valence-electron chi connectivity index (χ2n) is 4.01. The van der Waals surface area contributed by atoms with Crippen molar-refractivity contribution in [2.45, 2.75) is 12.5 Å². The van der Waals surface area contributed by atoms with Crippen molar-refractivity contribution >= 4 is 27.5 Å². The number of aliphatic hydroxyl groups excluding tert-OH is 1. The number of rotatable bonds is 3. The topological polar surface area (TPSA) is 20.2 Å². The minimum absolute atomic E-state index is 0.222. The average molecular weight is 330 g/mol. The summed E-state index contributed by atoms with van der Waals surface area (Å²) < 4.78 is 14.5. The summed E-state index contributed by atoms with van der Waals surface area (Å²) in [5.41, 5.74) is 1.20. The van der Waals surface area contributed by atoms with Gasteiger partial charge in [-0.3, -0.25) is 0 Å². The van der Waals surface area contributed by atoms with Gasteiger partial charge in [-0.15, -0.1) is 0 Å². The number of benzene rings is 2. The maximum atomic E-state index is 13.6. The van der Waals surface area contributed by atoms with Crippen LogP contribution in [0, 0.1) is 5.82 Å². The van der Waals surface area contributed by atoms with Crippen molar-refractivity contribution in [3.63, 3.8) is 0 Å². The highest BCUT2D eigenvalue weighted by Gasteiger charge is 2.12. The number of hydrogen-bond acceptors (Lipinski definition) is 1. The van der Waals surface area contributed by atoms with Crippen LogP contribution in [0.3, 0.4) is 0 Å². The zero-order valence-electron chi connectivity index (χ0n) is 9.41. The van der Waals surface area contributed by atoms with Gasteiger partial charge >= 0.3 is 0 Å². The van der Waals surface area contributed by atoms with Gasteiger partial charge in [0.2, 0.25) is 0 Å². The van der Waals surface area contributed by atoms with E-state index < -0.39 is 11.9 Å². The molecular weight excluding hydrogens is 319 g/mol. The molecule has 0 aliphatic heterocycles. The minimum atomic E-state index is -0.738. The Labute approximate surface area is 118 Å². The summed E-state index contributed by atoms with van der Waals surface area (Å²) in [5, 5.41) is 10.4. The molecule has 0 saturated heterocycles. The molecule has 0 saturated carbocycles. The second-order valence-corrected chi connectivity index (χ2v) is 5.36. The van der Waals surface area contributed by atoms with Crippen LogP contribution < -0.4 is 0 Å². The van der Waals surface area contributed by atoms with Gasteiger partial charge < -0.3 is 5.11 Å². The third kappa shape index (κ3) is 3.31. The first kappa shape index (κ1) is 13.5. The van der Waals surface area contributed by atoms with Gasteiger partial charge in [0.15, 0.2) is 0 Å². The Morgan fingerprint density at radius 1 is 1.22 bits per heavy atom. The normalized spacial score (nSPS) is 12.4. The van der Waals surface area contributed by atoms with Crippen LogP contribution in [-0.4, -0.2) is 5.11 Å². The number of hydrogen-bond donors (Lipinski definition) is 1. The van der Waals surface area contributed by atoms with E-state index in [0.717, 1.165) is 10.0 Å². The Morgan fingerprint density at radius 3 is 2.67 bits per heavy atom. The fourth-order valence-electron chi connectivity index (χ4n) is 1.73. The summed E-state index contributed by atoms with van der Waals surface area (Å²) in [7, 11) is 0. The second kappa shape index (κ2) is 5.83. The molecule has 94 valence electrons. The predicted octanol–water partition coefficient (Wildman–Crippen LogP) is 4.52. The SMILES string of the molecule is OC(Cc1ccc(Cl)cc1F)c1cccc(Br)c1. The van der Waals surface area contributed by atoms with E-state index in [9.17, 15) is 9.50 Å². The highest BCUT2D eigenvalue weighted by Crippen LogP contribution is 2.24. The molecule has 2 aromatic rings. The van der Waals surface area contributed by atoms with E-state index in [1.165, 1.54) is 6.07 Å². The van der Waals surface area contributed by atoms with Crippen molar-refractivity contribution < 1.29 is 9.50 Å². The van der Waals surface area contributed by atoms with Gasteiger partial charge in [0.25, 0.3) is 0 Å². The van der Waals surface area contributed by atoms with Gasteiger partial charge in [-0.25, -0.2) is 4.39 Å². The lowest BCUT2D eigenvalue weighted by Crippen LogP contribution is -2.03. The summed E-state index contributed by atoms with van der Waals surface area (Å²) >= 11 is 9.02.